The van der Waals surface area contributed by atoms with E-state index in [4.69, 9.17) is 4.84 Å². The summed E-state index contributed by atoms with van der Waals surface area (Å²) in [6.07, 6.45) is -3.96. The molecule has 12 heteroatoms. The van der Waals surface area contributed by atoms with E-state index in [9.17, 15) is 26.2 Å². The van der Waals surface area contributed by atoms with Crippen molar-refractivity contribution in [3.05, 3.63) is 53.4 Å². The van der Waals surface area contributed by atoms with Crippen LogP contribution in [0.4, 0.5) is 27.9 Å². The van der Waals surface area contributed by atoms with Gasteiger partial charge in [-0.3, -0.25) is 4.72 Å². The molecule has 29 heavy (non-hydrogen) atoms. The van der Waals surface area contributed by atoms with Gasteiger partial charge in [-0.2, -0.15) is 13.2 Å². The molecule has 156 valence electrons. The van der Waals surface area contributed by atoms with E-state index in [0.717, 1.165) is 29.8 Å². The van der Waals surface area contributed by atoms with Gasteiger partial charge in [-0.15, -0.1) is 0 Å². The molecule has 0 aliphatic carbocycles. The van der Waals surface area contributed by atoms with Crippen molar-refractivity contribution in [1.29, 1.82) is 0 Å². The highest BCUT2D eigenvalue weighted by Gasteiger charge is 2.36. The van der Waals surface area contributed by atoms with E-state index in [-0.39, 0.29) is 11.5 Å². The van der Waals surface area contributed by atoms with Crippen molar-refractivity contribution in [2.24, 2.45) is 5.16 Å². The normalized spacial score (nSPS) is 17.8. The number of nitrogens with one attached hydrogen (secondary N) is 1. The first-order valence-electron chi connectivity index (χ1n) is 8.16. The maximum absolute atomic E-state index is 14.1. The van der Waals surface area contributed by atoms with Crippen LogP contribution in [-0.2, 0) is 20.7 Å². The highest BCUT2D eigenvalue weighted by molar-refractivity contribution is 8.16. The average Bonchev–Trinajstić information content (AvgIpc) is 2.99. The zero-order chi connectivity index (χ0) is 21.4. The predicted molar refractivity (Wildman–Crippen MR) is 97.5 cm³/mol. The van der Waals surface area contributed by atoms with E-state index in [0.29, 0.717) is 6.07 Å². The lowest BCUT2D eigenvalue weighted by molar-refractivity contribution is -0.141. The Bertz CT molecular complexity index is 1070. The molecule has 3 rings (SSSR count). The molecular formula is C17H15F5N4O2S. The van der Waals surface area contributed by atoms with Crippen molar-refractivity contribution in [3.8, 4) is 0 Å². The summed E-state index contributed by atoms with van der Waals surface area (Å²) < 4.78 is 82.8. The average molecular weight is 434 g/mol. The predicted octanol–water partition coefficient (Wildman–Crippen LogP) is 3.75. The van der Waals surface area contributed by atoms with Crippen molar-refractivity contribution < 1.29 is 31.0 Å². The highest BCUT2D eigenvalue weighted by Crippen LogP contribution is 2.29. The fourth-order valence-electron chi connectivity index (χ4n) is 2.41. The minimum absolute atomic E-state index is 0.00956. The molecule has 1 aliphatic heterocycles. The maximum Gasteiger partial charge on any atom is 0.433 e. The zero-order valence-corrected chi connectivity index (χ0v) is 15.9. The van der Waals surface area contributed by atoms with E-state index < -0.39 is 50.3 Å². The van der Waals surface area contributed by atoms with Gasteiger partial charge in [0.1, 0.15) is 32.6 Å². The minimum Gasteiger partial charge on any atom is -0.389 e. The van der Waals surface area contributed by atoms with Gasteiger partial charge in [-0.05, 0) is 32.0 Å². The second-order valence-electron chi connectivity index (χ2n) is 6.73. The maximum atomic E-state index is 14.1. The number of hydrogen-bond acceptors (Lipinski definition) is 5. The first-order valence-corrected chi connectivity index (χ1v) is 9.78. The quantitative estimate of drug-likeness (QED) is 0.590. The van der Waals surface area contributed by atoms with Crippen molar-refractivity contribution in [3.63, 3.8) is 0 Å². The van der Waals surface area contributed by atoms with Gasteiger partial charge in [0.25, 0.3) is 0 Å². The number of nitrogens with zero attached hydrogens (tertiary/aromatic N) is 3. The lowest BCUT2D eigenvalue weighted by Gasteiger charge is -2.16. The molecule has 0 saturated carbocycles. The Morgan fingerprint density at radius 1 is 1.21 bits per heavy atom. The summed E-state index contributed by atoms with van der Waals surface area (Å²) in [7, 11) is -3.77. The van der Waals surface area contributed by atoms with E-state index in [1.165, 1.54) is 0 Å². The summed E-state index contributed by atoms with van der Waals surface area (Å²) >= 11 is 0. The Labute approximate surface area is 162 Å². The minimum atomic E-state index is -4.77. The highest BCUT2D eigenvalue weighted by atomic mass is 32.2. The molecule has 1 aromatic carbocycles. The Kier molecular flexibility index (Phi) is 5.24. The Balaban J connectivity index is 2.13. The standard InChI is InChI=1S/C17H15F5N4O2S/c1-16(2)8-14(25-28-16)29(27,9-10-11(18)4-3-5-12(10)19)26-15-23-7-6-13(24-15)17(20,21)22/h3-7,9H,8H2,1-2H3,(H,23,24,26,27). The van der Waals surface area contributed by atoms with Gasteiger partial charge in [0, 0.05) is 18.0 Å². The number of benzene rings is 1. The first-order chi connectivity index (χ1) is 13.4. The smallest absolute Gasteiger partial charge is 0.389 e. The fraction of sp³-hybridized carbons (Fsp3) is 0.294. The van der Waals surface area contributed by atoms with Crippen molar-refractivity contribution in [2.75, 3.05) is 4.72 Å². The van der Waals surface area contributed by atoms with Crippen LogP contribution in [0.15, 0.2) is 35.6 Å². The Hall–Kier alpha value is -2.76. The van der Waals surface area contributed by atoms with Crippen LogP contribution >= 0.6 is 0 Å². The second kappa shape index (κ2) is 7.25. The molecule has 0 amide bonds. The van der Waals surface area contributed by atoms with Gasteiger partial charge in [0.05, 0.1) is 5.56 Å². The van der Waals surface area contributed by atoms with Crippen molar-refractivity contribution >= 4 is 26.1 Å². The van der Waals surface area contributed by atoms with E-state index in [1.807, 2.05) is 0 Å². The number of alkyl halides is 3. The van der Waals surface area contributed by atoms with Crippen LogP contribution in [-0.4, -0.2) is 30.2 Å². The molecule has 1 unspecified atom stereocenters. The summed E-state index contributed by atoms with van der Waals surface area (Å²) in [6, 6.07) is 3.65. The second-order valence-corrected chi connectivity index (χ2v) is 8.84. The van der Waals surface area contributed by atoms with Crippen LogP contribution in [0.2, 0.25) is 0 Å². The van der Waals surface area contributed by atoms with Gasteiger partial charge in [-0.1, -0.05) is 11.2 Å². The number of anilines is 1. The largest absolute Gasteiger partial charge is 0.433 e. The van der Waals surface area contributed by atoms with E-state index >= 15 is 0 Å². The number of hydrogen-bond donors (Lipinski definition) is 1. The molecule has 0 saturated heterocycles. The number of aromatic nitrogens is 2. The van der Waals surface area contributed by atoms with Crippen LogP contribution in [0, 0.1) is 11.6 Å². The topological polar surface area (TPSA) is 76.5 Å². The van der Waals surface area contributed by atoms with Gasteiger partial charge in [0.15, 0.2) is 5.04 Å². The summed E-state index contributed by atoms with van der Waals surface area (Å²) in [5, 5.41) is 4.29. The molecule has 1 N–H and O–H groups in total. The molecule has 1 aromatic heterocycles. The molecule has 1 aliphatic rings. The van der Waals surface area contributed by atoms with Gasteiger partial charge < -0.3 is 4.84 Å². The molecule has 0 radical (unpaired) electrons. The summed E-state index contributed by atoms with van der Waals surface area (Å²) in [6.45, 7) is 3.27. The van der Waals surface area contributed by atoms with Crippen molar-refractivity contribution in [1.82, 2.24) is 9.97 Å². The van der Waals surface area contributed by atoms with Gasteiger partial charge in [-0.25, -0.2) is 23.0 Å². The molecule has 6 nitrogen and oxygen atoms in total. The van der Waals surface area contributed by atoms with E-state index in [1.54, 1.807) is 13.8 Å². The van der Waals surface area contributed by atoms with Crippen molar-refractivity contribution in [2.45, 2.75) is 32.0 Å². The van der Waals surface area contributed by atoms with Crippen LogP contribution in [0.1, 0.15) is 31.5 Å². The Morgan fingerprint density at radius 2 is 1.86 bits per heavy atom. The SMILES string of the molecule is CC1(C)CC(S(=O)(=Cc2c(F)cccc2F)Nc2nccc(C(F)(F)F)n2)=NO1. The molecule has 1 atom stereocenters. The van der Waals surface area contributed by atoms with Gasteiger partial charge >= 0.3 is 6.18 Å². The third kappa shape index (κ3) is 4.63. The molecular weight excluding hydrogens is 419 g/mol. The number of rotatable bonds is 3. The summed E-state index contributed by atoms with van der Waals surface area (Å²) in [4.78, 5) is 12.1. The van der Waals surface area contributed by atoms with E-state index in [2.05, 4.69) is 19.8 Å². The fourth-order valence-corrected chi connectivity index (χ4v) is 4.36. The Morgan fingerprint density at radius 3 is 2.41 bits per heavy atom. The van der Waals surface area contributed by atoms with Crippen LogP contribution in [0.3, 0.4) is 0 Å². The third-order valence-corrected chi connectivity index (χ3v) is 5.77. The molecule has 2 aromatic rings. The number of halogens is 5. The summed E-state index contributed by atoms with van der Waals surface area (Å²) in [5.41, 5.74) is -2.78. The van der Waals surface area contributed by atoms with Crippen LogP contribution < -0.4 is 4.72 Å². The van der Waals surface area contributed by atoms with Crippen LogP contribution in [0.5, 0.6) is 0 Å². The number of oxime groups is 1. The molecule has 2 heterocycles. The monoisotopic (exact) mass is 434 g/mol. The summed E-state index contributed by atoms with van der Waals surface area (Å²) in [5.74, 6) is -2.67. The lowest BCUT2D eigenvalue weighted by Crippen LogP contribution is -2.29. The zero-order valence-electron chi connectivity index (χ0n) is 15.1. The van der Waals surface area contributed by atoms with Crippen LogP contribution in [0.25, 0.3) is 0 Å². The first kappa shape index (κ1) is 21.0. The molecule has 0 spiro atoms. The van der Waals surface area contributed by atoms with Gasteiger partial charge in [0.2, 0.25) is 5.95 Å². The molecule has 0 bridgehead atoms. The molecule has 0 fully saturated rings. The lowest BCUT2D eigenvalue weighted by atomic mass is 10.1. The third-order valence-electron chi connectivity index (χ3n) is 3.79.